The first kappa shape index (κ1) is 96.4. The first-order chi connectivity index (χ1) is 56.3. The Kier molecular flexibility index (Phi) is 28.3. The molecule has 4 saturated carbocycles. The summed E-state index contributed by atoms with van der Waals surface area (Å²) in [5, 5.41) is 91.8. The fraction of sp³-hybridized carbons (Fsp3) is 0.516. The van der Waals surface area contributed by atoms with E-state index in [4.69, 9.17) is 47.4 Å². The van der Waals surface area contributed by atoms with Crippen LogP contribution in [0.15, 0.2) is 174 Å². The number of amides is 2. The third kappa shape index (κ3) is 17.0. The first-order valence-electron chi connectivity index (χ1n) is 39.8. The van der Waals surface area contributed by atoms with Crippen LogP contribution in [0.4, 0.5) is 4.79 Å². The predicted molar refractivity (Wildman–Crippen MR) is 441 cm³/mol. The highest BCUT2D eigenvalue weighted by Crippen LogP contribution is 2.67. The summed E-state index contributed by atoms with van der Waals surface area (Å²) in [7, 11) is 0. The Balaban J connectivity index is 0.000000273. The molecule has 6 fully saturated rings. The van der Waals surface area contributed by atoms with Crippen LogP contribution in [0, 0.1) is 39.4 Å². The molecular weight excluding hydrogens is 1590 g/mol. The number of esters is 7. The van der Waals surface area contributed by atoms with Gasteiger partial charge in [0, 0.05) is 68.8 Å². The van der Waals surface area contributed by atoms with Gasteiger partial charge in [0.15, 0.2) is 41.1 Å². The molecule has 13 rings (SSSR count). The van der Waals surface area contributed by atoms with Gasteiger partial charge in [-0.05, 0) is 113 Å². The Bertz CT molecular complexity index is 4860. The summed E-state index contributed by atoms with van der Waals surface area (Å²) in [6, 6.07) is 37.5. The number of carbonyl (C=O) groups excluding carboxylic acids is 11. The van der Waals surface area contributed by atoms with Crippen LogP contribution in [0.5, 0.6) is 0 Å². The maximum absolute atomic E-state index is 15.5. The number of fused-ring (bicyclic) bond motifs is 10. The highest BCUT2D eigenvalue weighted by Gasteiger charge is 2.81. The van der Waals surface area contributed by atoms with E-state index in [2.05, 4.69) is 10.6 Å². The molecule has 8 aliphatic rings. The van der Waals surface area contributed by atoms with Crippen LogP contribution in [0.3, 0.4) is 0 Å². The van der Waals surface area contributed by atoms with Crippen LogP contribution in [0.25, 0.3) is 0 Å². The van der Waals surface area contributed by atoms with Crippen molar-refractivity contribution in [1.82, 2.24) is 10.6 Å². The molecule has 0 aromatic heterocycles. The third-order valence-corrected chi connectivity index (χ3v) is 26.1. The van der Waals surface area contributed by atoms with E-state index in [0.717, 1.165) is 20.8 Å². The molecule has 0 radical (unpaired) electrons. The number of carbonyl (C=O) groups is 11. The number of alkyl carbamates (subject to hydrolysis) is 1. The summed E-state index contributed by atoms with van der Waals surface area (Å²) in [4.78, 5) is 152. The minimum absolute atomic E-state index is 0. The van der Waals surface area contributed by atoms with Crippen molar-refractivity contribution in [2.24, 2.45) is 39.4 Å². The Morgan fingerprint density at radius 1 is 0.512 bits per heavy atom. The van der Waals surface area contributed by atoms with Gasteiger partial charge < -0.3 is 93.7 Å². The fourth-order valence-electron chi connectivity index (χ4n) is 19.8. The van der Waals surface area contributed by atoms with E-state index < -0.39 is 225 Å². The Morgan fingerprint density at radius 2 is 0.919 bits per heavy atom. The molecule has 0 spiro atoms. The van der Waals surface area contributed by atoms with E-state index in [-0.39, 0.29) is 87.5 Å². The molecule has 5 aromatic carbocycles. The van der Waals surface area contributed by atoms with Crippen LogP contribution in [-0.2, 0) is 80.9 Å². The summed E-state index contributed by atoms with van der Waals surface area (Å²) in [6.07, 6.45) is -20.5. The molecular formula is C93H116N2O28. The monoisotopic (exact) mass is 1710 g/mol. The molecule has 30 heteroatoms. The van der Waals surface area contributed by atoms with E-state index >= 15 is 4.79 Å². The first-order valence-corrected chi connectivity index (χ1v) is 39.8. The molecule has 9 N–H and O–H groups in total. The van der Waals surface area contributed by atoms with Crippen molar-refractivity contribution in [3.63, 3.8) is 0 Å². The number of benzene rings is 5. The van der Waals surface area contributed by atoms with Crippen molar-refractivity contribution in [1.29, 1.82) is 0 Å². The number of ether oxygens (including phenoxy) is 10. The Labute approximate surface area is 715 Å². The molecule has 2 heterocycles. The van der Waals surface area contributed by atoms with Crippen molar-refractivity contribution in [2.45, 2.75) is 252 Å². The van der Waals surface area contributed by atoms with Crippen LogP contribution in [0.2, 0.25) is 0 Å². The number of hydrogen-bond donors (Lipinski definition) is 9. The smallest absolute Gasteiger partial charge is 0.408 e. The number of aliphatic hydroxyl groups excluding tert-OH is 5. The number of aliphatic hydroxyl groups is 7. The average Bonchev–Trinajstić information content (AvgIpc) is 0.672. The molecule has 6 aliphatic carbocycles. The lowest BCUT2D eigenvalue weighted by Gasteiger charge is -2.67. The molecule has 30 nitrogen and oxygen atoms in total. The predicted octanol–water partition coefficient (Wildman–Crippen LogP) is 9.11. The van der Waals surface area contributed by atoms with Crippen molar-refractivity contribution < 1.29 is 136 Å². The number of ketones is 2. The zero-order valence-corrected chi connectivity index (χ0v) is 69.1. The number of hydrogen-bond acceptors (Lipinski definition) is 28. The normalized spacial score (nSPS) is 31.9. The van der Waals surface area contributed by atoms with Crippen LogP contribution in [-0.4, -0.2) is 209 Å². The molecule has 666 valence electrons. The molecule has 123 heavy (non-hydrogen) atoms. The zero-order chi connectivity index (χ0) is 87.7. The van der Waals surface area contributed by atoms with E-state index in [9.17, 15) is 83.7 Å². The number of Topliss-reactive ketones (excluding diaryl/α,β-unsaturated/α-hetero) is 2. The zero-order valence-electron chi connectivity index (χ0n) is 69.1. The summed E-state index contributed by atoms with van der Waals surface area (Å²) in [6.45, 7) is 19.8. The minimum Gasteiger partial charge on any atom is -0.456 e. The summed E-state index contributed by atoms with van der Waals surface area (Å²) in [5.41, 5.74) is -15.0. The standard InChI is InChI=1S/C47H51NO14.C43H53NO14.3CH4/c1-25-31(60-43(56)36(52)35(28-16-10-7-11-17-28)48-41(54)29-18-12-8-13-19-29)23-47(57)40(61-42(55)30-20-14-9-15-21-30)38-45(6,32(51)22-33-46(38,24-58-33)62-27(3)50)39(53)37(59-26(2)49)34(25)44(47,4)5;1-22-26(55-37(51)32(48)30(24-15-11-9-12-16-24)44-38(52)58-39(3,4)5)20-43(53)35(56-36(50)25-17-13-10-14-18-25)33-41(8,34(49)31(47)29(22)40(43,6)7)27(46)19-28-42(33,21-54-28)57-23(2)45;;;/h7-21,31-33,35-38,40,51-52,57H,22-24H2,1-6H3,(H,48,54);9-18,27-33,35,46-48,53H,19-21H2,1-8H3,(H,44,52);3*1H4/t31-,32-,33+,35-,36+,37+,38-,40-,45+,46-,47+;27-,28+,29?,30-,31+,32+,33-,35-,41+,42-,43+;;;/m00.../s1. The quantitative estimate of drug-likeness (QED) is 0.0224. The maximum atomic E-state index is 15.5. The second-order valence-corrected chi connectivity index (χ2v) is 35.0. The van der Waals surface area contributed by atoms with Gasteiger partial charge in [-0.2, -0.15) is 0 Å². The fourth-order valence-corrected chi connectivity index (χ4v) is 19.8. The Hall–Kier alpha value is -10.4. The van der Waals surface area contributed by atoms with Gasteiger partial charge in [-0.1, -0.05) is 165 Å². The average molecular weight is 1710 g/mol. The molecule has 2 saturated heterocycles. The number of rotatable bonds is 18. The second kappa shape index (κ2) is 36.0. The molecule has 1 unspecified atom stereocenters. The van der Waals surface area contributed by atoms with Crippen LogP contribution in [0.1, 0.15) is 199 Å². The molecule has 4 bridgehead atoms. The highest BCUT2D eigenvalue weighted by molar-refractivity contribution is 5.97. The SMILES string of the molecule is C.C.C.CC(=O)O[C@@]12CO[C@@H]1C[C@H](O)[C@@]1(C)C(=O)[C@H](O)C3C(C)=C(OC(=O)[C@H](O)[C@@H](NC(=O)OC(C)(C)C)c4ccccc4)C[C@@](O)([C@@H](OC(=O)c4ccccc4)[C@H]21)C3(C)C.CC(=O)O[C@H]1C(=O)[C@@]2(C)[C@H]([C@H](OC(=O)c3ccccc3)[C@]3(O)C[C@H](OC(=O)[C@H](O)[C@@H](NC(=O)c4ccccc4)c4ccccc4)C(C)=C1C3(C)C)[C@]1(OC(C)=O)CO[C@@H]1C[C@@H]2O. The van der Waals surface area contributed by atoms with Crippen molar-refractivity contribution in [3.05, 3.63) is 202 Å². The maximum Gasteiger partial charge on any atom is 0.408 e. The number of nitrogens with one attached hydrogen (secondary N) is 2. The van der Waals surface area contributed by atoms with Gasteiger partial charge in [-0.15, -0.1) is 0 Å². The van der Waals surface area contributed by atoms with Gasteiger partial charge in [0.05, 0.1) is 71.3 Å². The third-order valence-electron chi connectivity index (χ3n) is 26.1. The summed E-state index contributed by atoms with van der Waals surface area (Å²) < 4.78 is 59.7. The van der Waals surface area contributed by atoms with Crippen molar-refractivity contribution in [2.75, 3.05) is 13.2 Å². The van der Waals surface area contributed by atoms with Gasteiger partial charge in [0.2, 0.25) is 0 Å². The van der Waals surface area contributed by atoms with Gasteiger partial charge in [0.25, 0.3) is 5.91 Å². The van der Waals surface area contributed by atoms with Gasteiger partial charge in [-0.3, -0.25) is 28.8 Å². The lowest BCUT2D eigenvalue weighted by atomic mass is 9.43. The van der Waals surface area contributed by atoms with Crippen LogP contribution >= 0.6 is 0 Å². The largest absolute Gasteiger partial charge is 0.456 e. The van der Waals surface area contributed by atoms with E-state index in [1.165, 1.54) is 52.0 Å². The lowest BCUT2D eigenvalue weighted by molar-refractivity contribution is -0.349. The molecule has 2 amide bonds. The minimum atomic E-state index is -2.39. The lowest BCUT2D eigenvalue weighted by Crippen LogP contribution is -2.82. The Morgan fingerprint density at radius 3 is 1.33 bits per heavy atom. The van der Waals surface area contributed by atoms with Crippen molar-refractivity contribution >= 4 is 65.4 Å². The van der Waals surface area contributed by atoms with Gasteiger partial charge in [0.1, 0.15) is 59.2 Å². The van der Waals surface area contributed by atoms with E-state index in [0.29, 0.717) is 11.1 Å². The topological polar surface area (TPSA) is 446 Å². The second-order valence-electron chi connectivity index (χ2n) is 35.0. The van der Waals surface area contributed by atoms with Crippen LogP contribution < -0.4 is 10.6 Å². The molecule has 5 aromatic rings. The highest BCUT2D eigenvalue weighted by atomic mass is 16.7. The molecule has 2 aliphatic heterocycles. The van der Waals surface area contributed by atoms with Gasteiger partial charge >= 0.3 is 47.9 Å². The summed E-state index contributed by atoms with van der Waals surface area (Å²) in [5.74, 6) is -13.8. The molecule has 22 atom stereocenters. The van der Waals surface area contributed by atoms with Gasteiger partial charge in [-0.25, -0.2) is 24.0 Å². The summed E-state index contributed by atoms with van der Waals surface area (Å²) >= 11 is 0. The van der Waals surface area contributed by atoms with E-state index in [1.807, 2.05) is 0 Å². The van der Waals surface area contributed by atoms with E-state index in [1.54, 1.807) is 176 Å². The van der Waals surface area contributed by atoms with Crippen molar-refractivity contribution in [3.8, 4) is 0 Å².